The lowest BCUT2D eigenvalue weighted by molar-refractivity contribution is -0.128. The summed E-state index contributed by atoms with van der Waals surface area (Å²) in [5.74, 6) is -1.00. The van der Waals surface area contributed by atoms with Crippen LogP contribution in [0.25, 0.3) is 6.08 Å². The SMILES string of the molecule is CC(=O)c1ccc(C(=O)N2CCC3(CCN(C(=O)CS(=O)(=O)/C=C/c4ccccc4)C3)CC2)cc1. The molecule has 7 nitrogen and oxygen atoms in total. The zero-order valence-corrected chi connectivity index (χ0v) is 20.7. The van der Waals surface area contributed by atoms with E-state index in [-0.39, 0.29) is 23.0 Å². The molecule has 0 saturated carbocycles. The van der Waals surface area contributed by atoms with E-state index in [0.717, 1.165) is 30.2 Å². The van der Waals surface area contributed by atoms with E-state index in [1.165, 1.54) is 13.0 Å². The second-order valence-electron chi connectivity index (χ2n) is 9.51. The number of nitrogens with zero attached hydrogens (tertiary/aromatic N) is 2. The quantitative estimate of drug-likeness (QED) is 0.574. The summed E-state index contributed by atoms with van der Waals surface area (Å²) in [7, 11) is -3.66. The molecular weight excluding hydrogens is 464 g/mol. The monoisotopic (exact) mass is 494 g/mol. The summed E-state index contributed by atoms with van der Waals surface area (Å²) in [6.07, 6.45) is 3.87. The molecule has 35 heavy (non-hydrogen) atoms. The molecule has 1 spiro atoms. The molecule has 2 heterocycles. The molecule has 184 valence electrons. The largest absolute Gasteiger partial charge is 0.341 e. The van der Waals surface area contributed by atoms with E-state index < -0.39 is 15.6 Å². The number of piperidine rings is 1. The van der Waals surface area contributed by atoms with Gasteiger partial charge in [-0.05, 0) is 55.4 Å². The minimum atomic E-state index is -3.66. The van der Waals surface area contributed by atoms with E-state index in [2.05, 4.69) is 0 Å². The topological polar surface area (TPSA) is 91.8 Å². The highest BCUT2D eigenvalue weighted by Crippen LogP contribution is 2.40. The Morgan fingerprint density at radius 1 is 0.857 bits per heavy atom. The van der Waals surface area contributed by atoms with Crippen molar-refractivity contribution in [3.05, 3.63) is 76.7 Å². The number of carbonyl (C=O) groups is 3. The van der Waals surface area contributed by atoms with E-state index in [4.69, 9.17) is 0 Å². The van der Waals surface area contributed by atoms with Crippen LogP contribution in [0.2, 0.25) is 0 Å². The summed E-state index contributed by atoms with van der Waals surface area (Å²) >= 11 is 0. The molecule has 0 atom stereocenters. The standard InChI is InChI=1S/C27H30N2O5S/c1-21(30)23-7-9-24(10-8-23)26(32)28-15-12-27(13-16-28)14-17-29(20-27)25(31)19-35(33,34)18-11-22-5-3-2-4-6-22/h2-11,18H,12-17,19-20H2,1H3/b18-11+. The fourth-order valence-electron chi connectivity index (χ4n) is 4.83. The molecule has 2 saturated heterocycles. The molecule has 2 aromatic rings. The third kappa shape index (κ3) is 6.06. The number of ketones is 1. The molecule has 0 aliphatic carbocycles. The molecule has 2 fully saturated rings. The molecule has 2 aliphatic rings. The number of amides is 2. The second kappa shape index (κ2) is 10.2. The van der Waals surface area contributed by atoms with E-state index in [1.54, 1.807) is 41.3 Å². The predicted molar refractivity (Wildman–Crippen MR) is 134 cm³/mol. The first-order valence-corrected chi connectivity index (χ1v) is 13.5. The second-order valence-corrected chi connectivity index (χ2v) is 11.4. The average Bonchev–Trinajstić information content (AvgIpc) is 3.27. The molecule has 2 aliphatic heterocycles. The number of carbonyl (C=O) groups excluding carboxylic acids is 3. The van der Waals surface area contributed by atoms with Crippen LogP contribution in [0, 0.1) is 5.41 Å². The van der Waals surface area contributed by atoms with Crippen molar-refractivity contribution in [2.24, 2.45) is 5.41 Å². The molecule has 0 bridgehead atoms. The number of Topliss-reactive ketones (excluding diaryl/α,β-unsaturated/α-hetero) is 1. The highest BCUT2D eigenvalue weighted by Gasteiger charge is 2.43. The first kappa shape index (κ1) is 24.9. The van der Waals surface area contributed by atoms with Gasteiger partial charge in [-0.15, -0.1) is 0 Å². The van der Waals surface area contributed by atoms with Gasteiger partial charge in [0, 0.05) is 42.7 Å². The van der Waals surface area contributed by atoms with Crippen LogP contribution in [0.5, 0.6) is 0 Å². The summed E-state index contributed by atoms with van der Waals surface area (Å²) < 4.78 is 24.9. The summed E-state index contributed by atoms with van der Waals surface area (Å²) in [6.45, 7) is 3.74. The highest BCUT2D eigenvalue weighted by molar-refractivity contribution is 7.95. The molecule has 0 radical (unpaired) electrons. The highest BCUT2D eigenvalue weighted by atomic mass is 32.2. The Hall–Kier alpha value is -3.26. The minimum Gasteiger partial charge on any atom is -0.341 e. The van der Waals surface area contributed by atoms with Crippen molar-refractivity contribution in [3.63, 3.8) is 0 Å². The molecule has 8 heteroatoms. The average molecular weight is 495 g/mol. The Morgan fingerprint density at radius 3 is 2.03 bits per heavy atom. The first-order valence-electron chi connectivity index (χ1n) is 11.8. The number of likely N-dealkylation sites (tertiary alicyclic amines) is 2. The van der Waals surface area contributed by atoms with E-state index in [0.29, 0.717) is 37.3 Å². The van der Waals surface area contributed by atoms with Gasteiger partial charge >= 0.3 is 0 Å². The van der Waals surface area contributed by atoms with Gasteiger partial charge in [0.15, 0.2) is 15.6 Å². The summed E-state index contributed by atoms with van der Waals surface area (Å²) in [5.41, 5.74) is 1.82. The summed E-state index contributed by atoms with van der Waals surface area (Å²) in [6, 6.07) is 15.8. The number of sulfone groups is 1. The van der Waals surface area contributed by atoms with Crippen LogP contribution in [0.15, 0.2) is 60.0 Å². The van der Waals surface area contributed by atoms with E-state index >= 15 is 0 Å². The molecule has 0 N–H and O–H groups in total. The molecule has 0 aromatic heterocycles. The molecule has 2 aromatic carbocycles. The van der Waals surface area contributed by atoms with Gasteiger partial charge < -0.3 is 9.80 Å². The zero-order valence-electron chi connectivity index (χ0n) is 19.9. The lowest BCUT2D eigenvalue weighted by Gasteiger charge is -2.39. The molecule has 4 rings (SSSR count). The van der Waals surface area contributed by atoms with Crippen molar-refractivity contribution >= 4 is 33.5 Å². The Kier molecular flexibility index (Phi) is 7.21. The van der Waals surface area contributed by atoms with Crippen molar-refractivity contribution in [2.75, 3.05) is 31.9 Å². The van der Waals surface area contributed by atoms with Crippen LogP contribution in [-0.4, -0.2) is 67.7 Å². The summed E-state index contributed by atoms with van der Waals surface area (Å²) in [5, 5.41) is 1.11. The van der Waals surface area contributed by atoms with Crippen LogP contribution in [-0.2, 0) is 14.6 Å². The van der Waals surface area contributed by atoms with Crippen molar-refractivity contribution in [1.29, 1.82) is 0 Å². The van der Waals surface area contributed by atoms with Crippen molar-refractivity contribution in [2.45, 2.75) is 26.2 Å². The molecular formula is C27H30N2O5S. The van der Waals surface area contributed by atoms with Crippen molar-refractivity contribution in [3.8, 4) is 0 Å². The fourth-order valence-corrected chi connectivity index (χ4v) is 5.82. The third-order valence-corrected chi connectivity index (χ3v) is 8.23. The Labute approximate surface area is 206 Å². The van der Waals surface area contributed by atoms with Gasteiger partial charge in [0.2, 0.25) is 5.91 Å². The minimum absolute atomic E-state index is 0.0377. The fraction of sp³-hybridized carbons (Fsp3) is 0.370. The maximum Gasteiger partial charge on any atom is 0.253 e. The maximum atomic E-state index is 12.9. The van der Waals surface area contributed by atoms with E-state index in [9.17, 15) is 22.8 Å². The van der Waals surface area contributed by atoms with Gasteiger partial charge in [-0.25, -0.2) is 8.42 Å². The van der Waals surface area contributed by atoms with E-state index in [1.807, 2.05) is 23.1 Å². The van der Waals surface area contributed by atoms with Gasteiger partial charge in [0.1, 0.15) is 5.75 Å². The van der Waals surface area contributed by atoms with Gasteiger partial charge in [0.25, 0.3) is 5.91 Å². The third-order valence-electron chi connectivity index (χ3n) is 7.03. The smallest absolute Gasteiger partial charge is 0.253 e. The normalized spacial score (nSPS) is 17.7. The lowest BCUT2D eigenvalue weighted by Crippen LogP contribution is -2.45. The van der Waals surface area contributed by atoms with Crippen molar-refractivity contribution in [1.82, 2.24) is 9.80 Å². The van der Waals surface area contributed by atoms with Gasteiger partial charge in [0.05, 0.1) is 0 Å². The Balaban J connectivity index is 1.30. The molecule has 0 unspecified atom stereocenters. The van der Waals surface area contributed by atoms with Crippen molar-refractivity contribution < 1.29 is 22.8 Å². The lowest BCUT2D eigenvalue weighted by atomic mass is 9.77. The van der Waals surface area contributed by atoms with Gasteiger partial charge in [-0.1, -0.05) is 42.5 Å². The first-order chi connectivity index (χ1) is 16.7. The number of hydrogen-bond acceptors (Lipinski definition) is 5. The number of hydrogen-bond donors (Lipinski definition) is 0. The van der Waals surface area contributed by atoms with Crippen LogP contribution in [0.1, 0.15) is 52.5 Å². The van der Waals surface area contributed by atoms with Crippen LogP contribution < -0.4 is 0 Å². The molecule has 2 amide bonds. The Morgan fingerprint density at radius 2 is 1.43 bits per heavy atom. The van der Waals surface area contributed by atoms with Gasteiger partial charge in [-0.2, -0.15) is 0 Å². The zero-order chi connectivity index (χ0) is 25.1. The predicted octanol–water partition coefficient (Wildman–Crippen LogP) is 3.43. The Bertz CT molecular complexity index is 1230. The van der Waals surface area contributed by atoms with Crippen LogP contribution in [0.3, 0.4) is 0 Å². The van der Waals surface area contributed by atoms with Crippen LogP contribution >= 0.6 is 0 Å². The van der Waals surface area contributed by atoms with Gasteiger partial charge in [-0.3, -0.25) is 14.4 Å². The maximum absolute atomic E-state index is 12.9. The number of benzene rings is 2. The summed E-state index contributed by atoms with van der Waals surface area (Å²) in [4.78, 5) is 40.6. The van der Waals surface area contributed by atoms with Crippen LogP contribution in [0.4, 0.5) is 0 Å². The number of rotatable bonds is 6.